The lowest BCUT2D eigenvalue weighted by molar-refractivity contribution is 1.10. The molecule has 2 heterocycles. The minimum absolute atomic E-state index is 0.377. The molecule has 0 saturated carbocycles. The molecule has 0 spiro atoms. The molecule has 2 aromatic heterocycles. The Morgan fingerprint density at radius 1 is 1.40 bits per heavy atom. The molecule has 0 amide bonds. The Balaban J connectivity index is 2.54. The summed E-state index contributed by atoms with van der Waals surface area (Å²) in [6, 6.07) is 7.30. The minimum Gasteiger partial charge on any atom is -0.233 e. The van der Waals surface area contributed by atoms with E-state index < -0.39 is 0 Å². The number of halogens is 1. The van der Waals surface area contributed by atoms with E-state index in [2.05, 4.69) is 9.97 Å². The van der Waals surface area contributed by atoms with E-state index in [0.717, 1.165) is 10.6 Å². The number of hydrogen-bond acceptors (Lipinski definition) is 4. The van der Waals surface area contributed by atoms with Gasteiger partial charge in [-0.1, -0.05) is 11.6 Å². The predicted octanol–water partition coefficient (Wildman–Crippen LogP) is 3.04. The van der Waals surface area contributed by atoms with Gasteiger partial charge >= 0.3 is 0 Å². The summed E-state index contributed by atoms with van der Waals surface area (Å²) >= 11 is 7.22. The van der Waals surface area contributed by atoms with Crippen LogP contribution in [0.4, 0.5) is 0 Å². The van der Waals surface area contributed by atoms with Crippen LogP contribution in [-0.4, -0.2) is 9.97 Å². The minimum atomic E-state index is 0.377. The highest BCUT2D eigenvalue weighted by molar-refractivity contribution is 7.19. The fourth-order valence-electron chi connectivity index (χ4n) is 1.17. The summed E-state index contributed by atoms with van der Waals surface area (Å²) in [5.74, 6) is 0.559. The summed E-state index contributed by atoms with van der Waals surface area (Å²) in [4.78, 5) is 9.25. The van der Waals surface area contributed by atoms with Gasteiger partial charge in [0.2, 0.25) is 0 Å². The van der Waals surface area contributed by atoms with Crippen LogP contribution in [0.25, 0.3) is 10.7 Å². The molecule has 5 heteroatoms. The first-order chi connectivity index (χ1) is 7.19. The van der Waals surface area contributed by atoms with Crippen molar-refractivity contribution in [1.29, 1.82) is 5.26 Å². The fourth-order valence-corrected chi connectivity index (χ4v) is 2.15. The maximum Gasteiger partial charge on any atom is 0.171 e. The standard InChI is InChI=1S/C10H6ClN3S/c1-6-4-7(5-12)14-10(13-6)8-2-3-9(11)15-8/h2-4H,1H3. The molecule has 0 bridgehead atoms. The van der Waals surface area contributed by atoms with Crippen molar-refractivity contribution in [3.63, 3.8) is 0 Å². The van der Waals surface area contributed by atoms with Crippen molar-refractivity contribution in [3.8, 4) is 16.8 Å². The first-order valence-electron chi connectivity index (χ1n) is 4.20. The second-order valence-corrected chi connectivity index (χ2v) is 4.65. The van der Waals surface area contributed by atoms with Crippen LogP contribution in [0.5, 0.6) is 0 Å². The lowest BCUT2D eigenvalue weighted by Gasteiger charge is -1.98. The quantitative estimate of drug-likeness (QED) is 0.763. The van der Waals surface area contributed by atoms with Crippen LogP contribution in [-0.2, 0) is 0 Å². The predicted molar refractivity (Wildman–Crippen MR) is 59.8 cm³/mol. The molecule has 0 atom stereocenters. The number of hydrogen-bond donors (Lipinski definition) is 0. The normalized spacial score (nSPS) is 9.93. The molecule has 0 saturated heterocycles. The third-order valence-electron chi connectivity index (χ3n) is 1.76. The van der Waals surface area contributed by atoms with Crippen LogP contribution in [0, 0.1) is 18.3 Å². The van der Waals surface area contributed by atoms with Crippen LogP contribution in [0.15, 0.2) is 18.2 Å². The van der Waals surface area contributed by atoms with E-state index in [1.165, 1.54) is 11.3 Å². The lowest BCUT2D eigenvalue weighted by Crippen LogP contribution is -1.93. The summed E-state index contributed by atoms with van der Waals surface area (Å²) in [7, 11) is 0. The highest BCUT2D eigenvalue weighted by Gasteiger charge is 2.07. The molecular formula is C10H6ClN3S. The Kier molecular flexibility index (Phi) is 2.67. The van der Waals surface area contributed by atoms with Gasteiger partial charge < -0.3 is 0 Å². The topological polar surface area (TPSA) is 49.6 Å². The molecule has 0 radical (unpaired) electrons. The lowest BCUT2D eigenvalue weighted by atomic mass is 10.3. The van der Waals surface area contributed by atoms with Gasteiger partial charge in [-0.2, -0.15) is 5.26 Å². The smallest absolute Gasteiger partial charge is 0.171 e. The van der Waals surface area contributed by atoms with Crippen molar-refractivity contribution >= 4 is 22.9 Å². The van der Waals surface area contributed by atoms with Crippen molar-refractivity contribution in [1.82, 2.24) is 9.97 Å². The number of rotatable bonds is 1. The largest absolute Gasteiger partial charge is 0.233 e. The first kappa shape index (κ1) is 10.1. The molecule has 0 aliphatic carbocycles. The molecule has 74 valence electrons. The van der Waals surface area contributed by atoms with Crippen LogP contribution in [0.3, 0.4) is 0 Å². The SMILES string of the molecule is Cc1cc(C#N)nc(-c2ccc(Cl)s2)n1. The van der Waals surface area contributed by atoms with E-state index in [-0.39, 0.29) is 0 Å². The van der Waals surface area contributed by atoms with Gasteiger partial charge in [-0.25, -0.2) is 9.97 Å². The molecule has 2 rings (SSSR count). The monoisotopic (exact) mass is 235 g/mol. The van der Waals surface area contributed by atoms with Gasteiger partial charge in [0.15, 0.2) is 5.82 Å². The van der Waals surface area contributed by atoms with Crippen LogP contribution >= 0.6 is 22.9 Å². The Bertz CT molecular complexity index is 542. The Morgan fingerprint density at radius 3 is 2.80 bits per heavy atom. The van der Waals surface area contributed by atoms with Gasteiger partial charge in [0.1, 0.15) is 11.8 Å². The van der Waals surface area contributed by atoms with E-state index in [4.69, 9.17) is 16.9 Å². The molecule has 0 aromatic carbocycles. The zero-order valence-electron chi connectivity index (χ0n) is 7.86. The average molecular weight is 236 g/mol. The summed E-state index contributed by atoms with van der Waals surface area (Å²) in [5, 5.41) is 8.78. The molecule has 0 unspecified atom stereocenters. The van der Waals surface area contributed by atoms with Crippen LogP contribution < -0.4 is 0 Å². The second kappa shape index (κ2) is 3.97. The highest BCUT2D eigenvalue weighted by atomic mass is 35.5. The summed E-state index contributed by atoms with van der Waals surface area (Å²) in [6.45, 7) is 1.83. The van der Waals surface area contributed by atoms with Gasteiger partial charge in [0.25, 0.3) is 0 Å². The van der Waals surface area contributed by atoms with E-state index in [0.29, 0.717) is 15.9 Å². The number of aryl methyl sites for hydroxylation is 1. The van der Waals surface area contributed by atoms with Gasteiger partial charge in [-0.15, -0.1) is 11.3 Å². The third-order valence-corrected chi connectivity index (χ3v) is 2.99. The number of thiophene rings is 1. The summed E-state index contributed by atoms with van der Waals surface area (Å²) < 4.78 is 0.689. The second-order valence-electron chi connectivity index (χ2n) is 2.93. The van der Waals surface area contributed by atoms with Gasteiger partial charge in [-0.3, -0.25) is 0 Å². The fraction of sp³-hybridized carbons (Fsp3) is 0.100. The molecule has 0 aliphatic rings. The van der Waals surface area contributed by atoms with Gasteiger partial charge in [0.05, 0.1) is 9.21 Å². The Morgan fingerprint density at radius 2 is 2.20 bits per heavy atom. The molecule has 3 nitrogen and oxygen atoms in total. The molecular weight excluding hydrogens is 230 g/mol. The number of aromatic nitrogens is 2. The van der Waals surface area contributed by atoms with Crippen molar-refractivity contribution in [2.24, 2.45) is 0 Å². The van der Waals surface area contributed by atoms with Crippen LogP contribution in [0.1, 0.15) is 11.4 Å². The zero-order valence-corrected chi connectivity index (χ0v) is 9.43. The van der Waals surface area contributed by atoms with Gasteiger partial charge in [0, 0.05) is 5.69 Å². The van der Waals surface area contributed by atoms with Crippen molar-refractivity contribution in [2.75, 3.05) is 0 Å². The van der Waals surface area contributed by atoms with Crippen molar-refractivity contribution in [2.45, 2.75) is 6.92 Å². The van der Waals surface area contributed by atoms with E-state index in [1.807, 2.05) is 19.1 Å². The third kappa shape index (κ3) is 2.14. The number of nitrogens with zero attached hydrogens (tertiary/aromatic N) is 3. The van der Waals surface area contributed by atoms with E-state index in [9.17, 15) is 0 Å². The molecule has 0 fully saturated rings. The molecule has 0 N–H and O–H groups in total. The zero-order chi connectivity index (χ0) is 10.8. The molecule has 0 aliphatic heterocycles. The molecule has 15 heavy (non-hydrogen) atoms. The Hall–Kier alpha value is -1.44. The van der Waals surface area contributed by atoms with Crippen molar-refractivity contribution < 1.29 is 0 Å². The van der Waals surface area contributed by atoms with E-state index >= 15 is 0 Å². The first-order valence-corrected chi connectivity index (χ1v) is 5.40. The number of nitriles is 1. The maximum atomic E-state index is 8.78. The maximum absolute atomic E-state index is 8.78. The van der Waals surface area contributed by atoms with Gasteiger partial charge in [-0.05, 0) is 25.1 Å². The summed E-state index contributed by atoms with van der Waals surface area (Å²) in [5.41, 5.74) is 1.16. The highest BCUT2D eigenvalue weighted by Crippen LogP contribution is 2.28. The van der Waals surface area contributed by atoms with E-state index in [1.54, 1.807) is 12.1 Å². The van der Waals surface area contributed by atoms with Crippen molar-refractivity contribution in [3.05, 3.63) is 33.9 Å². The van der Waals surface area contributed by atoms with Crippen LogP contribution in [0.2, 0.25) is 4.34 Å². The average Bonchev–Trinajstić information content (AvgIpc) is 2.64. The molecule has 2 aromatic rings. The Labute approximate surface area is 96.0 Å². The summed E-state index contributed by atoms with van der Waals surface area (Å²) in [6.07, 6.45) is 0.